The minimum absolute atomic E-state index is 0.0179. The molecule has 6 rings (SSSR count). The highest BCUT2D eigenvalue weighted by Gasteiger charge is 2.28. The molecule has 47 heavy (non-hydrogen) atoms. The lowest BCUT2D eigenvalue weighted by Crippen LogP contribution is -2.31. The number of nitrogens with one attached hydrogen (secondary N) is 2. The predicted molar refractivity (Wildman–Crippen MR) is 174 cm³/mol. The van der Waals surface area contributed by atoms with Gasteiger partial charge in [0.1, 0.15) is 11.4 Å². The molecule has 2 atom stereocenters. The van der Waals surface area contributed by atoms with Crippen molar-refractivity contribution in [2.45, 2.75) is 51.6 Å². The number of hydrogen-bond acceptors (Lipinski definition) is 9. The van der Waals surface area contributed by atoms with Crippen molar-refractivity contribution in [2.75, 3.05) is 20.2 Å². The maximum absolute atomic E-state index is 13.8. The largest absolute Gasteiger partial charge is 0.480 e. The summed E-state index contributed by atoms with van der Waals surface area (Å²) in [6.07, 6.45) is 7.33. The Bertz CT molecular complexity index is 1900. The van der Waals surface area contributed by atoms with Crippen LogP contribution in [0.15, 0.2) is 61.1 Å². The van der Waals surface area contributed by atoms with Gasteiger partial charge in [0, 0.05) is 46.1 Å². The Morgan fingerprint density at radius 1 is 0.957 bits per heavy atom. The normalized spacial score (nSPS) is 15.1. The topological polar surface area (TPSA) is 170 Å². The van der Waals surface area contributed by atoms with Crippen molar-refractivity contribution in [3.8, 4) is 22.5 Å². The number of methoxy groups -OCH3 is 1. The monoisotopic (exact) mass is 638 g/mol. The lowest BCUT2D eigenvalue weighted by Gasteiger charge is -2.21. The number of aromatic amines is 1. The van der Waals surface area contributed by atoms with Crippen LogP contribution in [0.25, 0.3) is 33.4 Å². The Morgan fingerprint density at radius 3 is 2.21 bits per heavy atom. The smallest absolute Gasteiger partial charge is 0.331 e. The zero-order chi connectivity index (χ0) is 33.1. The van der Waals surface area contributed by atoms with Crippen molar-refractivity contribution in [2.24, 2.45) is 11.8 Å². The molecule has 5 aromatic rings. The van der Waals surface area contributed by atoms with Gasteiger partial charge in [0.05, 0.1) is 19.5 Å². The second-order valence-corrected chi connectivity index (χ2v) is 12.4. The van der Waals surface area contributed by atoms with Gasteiger partial charge in [0.2, 0.25) is 0 Å². The number of hydrogen-bond donors (Lipinski definition) is 3. The van der Waals surface area contributed by atoms with Crippen molar-refractivity contribution in [3.63, 3.8) is 0 Å². The first-order valence-electron chi connectivity index (χ1n) is 15.8. The number of para-hydroxylation sites is 1. The number of aromatic nitrogens is 7. The Hall–Kier alpha value is -5.17. The number of carboxylic acid groups (broad SMARTS) is 1. The number of carboxylic acids is 1. The van der Waals surface area contributed by atoms with Crippen molar-refractivity contribution in [3.05, 3.63) is 72.2 Å². The molecular weight excluding hydrogens is 600 g/mol. The summed E-state index contributed by atoms with van der Waals surface area (Å²) in [7, 11) is 1.34. The van der Waals surface area contributed by atoms with Gasteiger partial charge in [-0.05, 0) is 68.1 Å². The van der Waals surface area contributed by atoms with E-state index in [0.29, 0.717) is 40.9 Å². The summed E-state index contributed by atoms with van der Waals surface area (Å²) in [5, 5.41) is 31.4. The number of ether oxygens (including phenoxy) is 1. The van der Waals surface area contributed by atoms with Gasteiger partial charge in [0.15, 0.2) is 17.9 Å². The van der Waals surface area contributed by atoms with E-state index in [-0.39, 0.29) is 17.6 Å². The second-order valence-electron chi connectivity index (χ2n) is 12.4. The van der Waals surface area contributed by atoms with Crippen LogP contribution in [0.4, 0.5) is 0 Å². The number of benzene rings is 2. The number of carbonyl (C=O) groups is 3. The van der Waals surface area contributed by atoms with Crippen molar-refractivity contribution < 1.29 is 24.2 Å². The highest BCUT2D eigenvalue weighted by molar-refractivity contribution is 6.00. The molecule has 3 aromatic heterocycles. The molecular formula is C34H38N8O5. The molecule has 0 aliphatic carbocycles. The van der Waals surface area contributed by atoms with Crippen LogP contribution < -0.4 is 5.32 Å². The summed E-state index contributed by atoms with van der Waals surface area (Å²) < 4.78 is 8.00. The Balaban J connectivity index is 1.37. The van der Waals surface area contributed by atoms with Gasteiger partial charge < -0.3 is 20.1 Å². The number of carbonyl (C=O) groups excluding carboxylic acids is 2. The maximum Gasteiger partial charge on any atom is 0.331 e. The van der Waals surface area contributed by atoms with Gasteiger partial charge in [-0.25, -0.2) is 19.0 Å². The van der Waals surface area contributed by atoms with E-state index >= 15 is 0 Å². The first-order chi connectivity index (χ1) is 22.7. The number of rotatable bonds is 12. The molecule has 0 radical (unpaired) electrons. The molecule has 0 saturated carbocycles. The van der Waals surface area contributed by atoms with Crippen LogP contribution in [0, 0.1) is 11.8 Å². The molecule has 0 spiro atoms. The van der Waals surface area contributed by atoms with Crippen LogP contribution in [0.5, 0.6) is 0 Å². The van der Waals surface area contributed by atoms with Crippen LogP contribution >= 0.6 is 0 Å². The molecule has 2 aromatic carbocycles. The zero-order valence-electron chi connectivity index (χ0n) is 26.6. The summed E-state index contributed by atoms with van der Waals surface area (Å²) in [4.78, 5) is 42.1. The van der Waals surface area contributed by atoms with Crippen molar-refractivity contribution in [1.82, 2.24) is 40.3 Å². The molecule has 244 valence electrons. The third-order valence-corrected chi connectivity index (χ3v) is 8.72. The fourth-order valence-corrected chi connectivity index (χ4v) is 6.21. The number of piperidine rings is 1. The molecule has 1 saturated heterocycles. The molecule has 4 heterocycles. The maximum atomic E-state index is 13.8. The van der Waals surface area contributed by atoms with Gasteiger partial charge >= 0.3 is 11.9 Å². The Kier molecular flexibility index (Phi) is 9.25. The van der Waals surface area contributed by atoms with E-state index < -0.39 is 24.0 Å². The first-order valence-corrected chi connectivity index (χ1v) is 15.8. The molecule has 3 N–H and O–H groups in total. The SMILES string of the molecule is COC(=O)[C@H](Cc1c[nH]c2ccccc12)n1cc(-c2cc(C(=O)C3CCNCC3)cc(-c3cn([C@@H](CC(C)C)C(=O)O)nn3)c2)nn1. The van der Waals surface area contributed by atoms with Crippen molar-refractivity contribution in [1.29, 1.82) is 0 Å². The van der Waals surface area contributed by atoms with Gasteiger partial charge in [-0.2, -0.15) is 0 Å². The molecule has 1 aliphatic rings. The number of esters is 1. The third kappa shape index (κ3) is 6.85. The minimum atomic E-state index is -0.991. The lowest BCUT2D eigenvalue weighted by atomic mass is 9.88. The van der Waals surface area contributed by atoms with Crippen LogP contribution in [0.2, 0.25) is 0 Å². The van der Waals surface area contributed by atoms with E-state index in [4.69, 9.17) is 4.74 Å². The molecule has 0 amide bonds. The number of H-pyrrole nitrogens is 1. The predicted octanol–water partition coefficient (Wildman–Crippen LogP) is 4.50. The molecule has 13 nitrogen and oxygen atoms in total. The number of aliphatic carboxylic acids is 1. The third-order valence-electron chi connectivity index (χ3n) is 8.72. The number of ketones is 1. The summed E-state index contributed by atoms with van der Waals surface area (Å²) in [6.45, 7) is 5.44. The van der Waals surface area contributed by atoms with Crippen molar-refractivity contribution >= 4 is 28.6 Å². The standard InChI is InChI=1S/C34H38N8O5/c1-20(2)12-30(33(44)45)41-18-28(37-39-41)22-13-23(15-24(14-22)32(43)21-8-10-35-11-9-21)29-19-42(40-38-29)31(34(46)47-3)16-25-17-36-27-7-5-4-6-26(25)27/h4-7,13-15,17-21,30-31,35-36H,8-12,16H2,1-3H3,(H,44,45)/t30-,31-/m0/s1. The highest BCUT2D eigenvalue weighted by atomic mass is 16.5. The van der Waals surface area contributed by atoms with E-state index in [1.807, 2.05) is 50.4 Å². The van der Waals surface area contributed by atoms with E-state index in [0.717, 1.165) is 42.4 Å². The van der Waals surface area contributed by atoms with Crippen LogP contribution in [0.1, 0.15) is 61.1 Å². The fourth-order valence-electron chi connectivity index (χ4n) is 6.21. The van der Waals surface area contributed by atoms with Gasteiger partial charge in [0.25, 0.3) is 0 Å². The van der Waals surface area contributed by atoms with Crippen LogP contribution in [-0.4, -0.2) is 78.0 Å². The van der Waals surface area contributed by atoms with E-state index in [9.17, 15) is 19.5 Å². The molecule has 1 aliphatic heterocycles. The lowest BCUT2D eigenvalue weighted by molar-refractivity contribution is -0.145. The van der Waals surface area contributed by atoms with E-state index in [1.165, 1.54) is 16.5 Å². The quantitative estimate of drug-likeness (QED) is 0.131. The van der Waals surface area contributed by atoms with E-state index in [1.54, 1.807) is 24.5 Å². The fraction of sp³-hybridized carbons (Fsp3) is 0.382. The average molecular weight is 639 g/mol. The number of Topliss-reactive ketones (excluding diaryl/α,β-unsaturated/α-hetero) is 1. The Morgan fingerprint density at radius 2 is 1.60 bits per heavy atom. The minimum Gasteiger partial charge on any atom is -0.480 e. The first kappa shape index (κ1) is 31.8. The number of fused-ring (bicyclic) bond motifs is 1. The van der Waals surface area contributed by atoms with Gasteiger partial charge in [-0.1, -0.05) is 42.5 Å². The molecule has 0 bridgehead atoms. The number of nitrogens with zero attached hydrogens (tertiary/aromatic N) is 6. The molecule has 13 heteroatoms. The highest BCUT2D eigenvalue weighted by Crippen LogP contribution is 2.31. The summed E-state index contributed by atoms with van der Waals surface area (Å²) in [5.41, 5.74) is 4.48. The Labute approximate surface area is 271 Å². The van der Waals surface area contributed by atoms with E-state index in [2.05, 4.69) is 30.9 Å². The van der Waals surface area contributed by atoms with Gasteiger partial charge in [-0.15, -0.1) is 10.2 Å². The van der Waals surface area contributed by atoms with Gasteiger partial charge in [-0.3, -0.25) is 4.79 Å². The summed E-state index contributed by atoms with van der Waals surface area (Å²) in [6, 6.07) is 11.6. The van der Waals surface area contributed by atoms with Crippen LogP contribution in [-0.2, 0) is 20.7 Å². The average Bonchev–Trinajstić information content (AvgIpc) is 3.86. The van der Waals surface area contributed by atoms with Crippen LogP contribution in [0.3, 0.4) is 0 Å². The summed E-state index contributed by atoms with van der Waals surface area (Å²) >= 11 is 0. The summed E-state index contributed by atoms with van der Waals surface area (Å²) in [5.74, 6) is -1.44. The molecule has 0 unspecified atom stereocenters. The second kappa shape index (κ2) is 13.7. The molecule has 1 fully saturated rings. The zero-order valence-corrected chi connectivity index (χ0v) is 26.6.